The molecule has 4 heteroatoms. The molecule has 0 saturated heterocycles. The van der Waals surface area contributed by atoms with Gasteiger partial charge in [-0.1, -0.05) is 32.9 Å². The van der Waals surface area contributed by atoms with Crippen LogP contribution in [0.5, 0.6) is 5.75 Å². The summed E-state index contributed by atoms with van der Waals surface area (Å²) in [7, 11) is 0. The molecule has 0 aromatic heterocycles. The van der Waals surface area contributed by atoms with Gasteiger partial charge in [-0.15, -0.1) is 0 Å². The Morgan fingerprint density at radius 2 is 2.10 bits per heavy atom. The predicted octanol–water partition coefficient (Wildman–Crippen LogP) is 3.34. The minimum absolute atomic E-state index is 0.373. The third kappa shape index (κ3) is 4.74. The van der Waals surface area contributed by atoms with E-state index < -0.39 is 11.5 Å². The van der Waals surface area contributed by atoms with E-state index in [1.165, 1.54) is 5.56 Å². The van der Waals surface area contributed by atoms with Gasteiger partial charge in [-0.2, -0.15) is 0 Å². The van der Waals surface area contributed by atoms with Crippen LogP contribution in [-0.4, -0.2) is 29.8 Å². The third-order valence-electron chi connectivity index (χ3n) is 3.78. The van der Waals surface area contributed by atoms with Gasteiger partial charge in [0.1, 0.15) is 11.3 Å². The number of ether oxygens (including phenoxy) is 1. The molecule has 0 saturated carbocycles. The molecule has 1 aromatic carbocycles. The standard InChI is InChI=1S/C17H27NO3/c1-6-18-17(5,16(19)20)9-10-21-15-11-14(12(2)3)8-7-13(15)4/h7-8,11-12,18H,6,9-10H2,1-5H3,(H,19,20). The predicted molar refractivity (Wildman–Crippen MR) is 85.1 cm³/mol. The first kappa shape index (κ1) is 17.5. The lowest BCUT2D eigenvalue weighted by Crippen LogP contribution is -2.50. The van der Waals surface area contributed by atoms with Crippen molar-refractivity contribution in [2.75, 3.05) is 13.2 Å². The van der Waals surface area contributed by atoms with Crippen molar-refractivity contribution in [1.29, 1.82) is 0 Å². The summed E-state index contributed by atoms with van der Waals surface area (Å²) in [6, 6.07) is 6.20. The number of rotatable bonds is 8. The summed E-state index contributed by atoms with van der Waals surface area (Å²) in [6.45, 7) is 10.9. The molecule has 0 amide bonds. The third-order valence-corrected chi connectivity index (χ3v) is 3.78. The van der Waals surface area contributed by atoms with Gasteiger partial charge in [-0.25, -0.2) is 0 Å². The van der Waals surface area contributed by atoms with Crippen LogP contribution < -0.4 is 10.1 Å². The number of hydrogen-bond acceptors (Lipinski definition) is 3. The summed E-state index contributed by atoms with van der Waals surface area (Å²) < 4.78 is 5.82. The molecule has 0 aliphatic heterocycles. The minimum atomic E-state index is -0.946. The van der Waals surface area contributed by atoms with Crippen LogP contribution >= 0.6 is 0 Å². The zero-order valence-electron chi connectivity index (χ0n) is 13.7. The Kier molecular flexibility index (Phi) is 6.21. The average molecular weight is 293 g/mol. The molecular weight excluding hydrogens is 266 g/mol. The van der Waals surface area contributed by atoms with E-state index in [-0.39, 0.29) is 0 Å². The Hall–Kier alpha value is -1.55. The number of benzene rings is 1. The van der Waals surface area contributed by atoms with Crippen LogP contribution in [0.2, 0.25) is 0 Å². The summed E-state index contributed by atoms with van der Waals surface area (Å²) in [5.74, 6) is 0.435. The van der Waals surface area contributed by atoms with Crippen molar-refractivity contribution in [2.45, 2.75) is 52.5 Å². The van der Waals surface area contributed by atoms with E-state index >= 15 is 0 Å². The van der Waals surface area contributed by atoms with Gasteiger partial charge >= 0.3 is 5.97 Å². The zero-order chi connectivity index (χ0) is 16.0. The summed E-state index contributed by atoms with van der Waals surface area (Å²) in [6.07, 6.45) is 0.418. The molecule has 0 spiro atoms. The molecule has 0 aliphatic carbocycles. The van der Waals surface area contributed by atoms with Crippen LogP contribution in [-0.2, 0) is 4.79 Å². The fraction of sp³-hybridized carbons (Fsp3) is 0.588. The lowest BCUT2D eigenvalue weighted by Gasteiger charge is -2.25. The average Bonchev–Trinajstić information content (AvgIpc) is 2.40. The topological polar surface area (TPSA) is 58.6 Å². The van der Waals surface area contributed by atoms with E-state index in [4.69, 9.17) is 4.74 Å². The van der Waals surface area contributed by atoms with E-state index in [1.54, 1.807) is 6.92 Å². The van der Waals surface area contributed by atoms with Gasteiger partial charge < -0.3 is 15.2 Å². The first-order chi connectivity index (χ1) is 9.80. The van der Waals surface area contributed by atoms with Crippen LogP contribution in [0.4, 0.5) is 0 Å². The maximum Gasteiger partial charge on any atom is 0.323 e. The highest BCUT2D eigenvalue weighted by Gasteiger charge is 2.31. The number of aliphatic carboxylic acids is 1. The SMILES string of the molecule is CCNC(C)(CCOc1cc(C(C)C)ccc1C)C(=O)O. The van der Waals surface area contributed by atoms with Crippen LogP contribution in [0.3, 0.4) is 0 Å². The van der Waals surface area contributed by atoms with Crippen molar-refractivity contribution >= 4 is 5.97 Å². The van der Waals surface area contributed by atoms with E-state index in [1.807, 2.05) is 26.0 Å². The number of carbonyl (C=O) groups is 1. The molecule has 1 aromatic rings. The second-order valence-corrected chi connectivity index (χ2v) is 5.95. The second kappa shape index (κ2) is 7.46. The monoisotopic (exact) mass is 293 g/mol. The number of nitrogens with one attached hydrogen (secondary N) is 1. The summed E-state index contributed by atoms with van der Waals surface area (Å²) in [5, 5.41) is 12.3. The largest absolute Gasteiger partial charge is 0.493 e. The lowest BCUT2D eigenvalue weighted by molar-refractivity contribution is -0.144. The van der Waals surface area contributed by atoms with Gasteiger partial charge in [0.05, 0.1) is 6.61 Å². The van der Waals surface area contributed by atoms with Gasteiger partial charge in [0, 0.05) is 6.42 Å². The molecule has 1 unspecified atom stereocenters. The highest BCUT2D eigenvalue weighted by Crippen LogP contribution is 2.25. The van der Waals surface area contributed by atoms with Crippen LogP contribution in [0, 0.1) is 6.92 Å². The van der Waals surface area contributed by atoms with E-state index in [2.05, 4.69) is 25.2 Å². The summed E-state index contributed by atoms with van der Waals surface area (Å²) >= 11 is 0. The number of likely N-dealkylation sites (N-methyl/N-ethyl adjacent to an activating group) is 1. The molecular formula is C17H27NO3. The summed E-state index contributed by atoms with van der Waals surface area (Å²) in [4.78, 5) is 11.3. The van der Waals surface area contributed by atoms with Crippen LogP contribution in [0.15, 0.2) is 18.2 Å². The van der Waals surface area contributed by atoms with Crippen molar-refractivity contribution in [2.24, 2.45) is 0 Å². The molecule has 0 bridgehead atoms. The molecule has 0 heterocycles. The molecule has 0 aliphatic rings. The fourth-order valence-electron chi connectivity index (χ4n) is 2.16. The van der Waals surface area contributed by atoms with Crippen molar-refractivity contribution in [3.05, 3.63) is 29.3 Å². The molecule has 118 valence electrons. The van der Waals surface area contributed by atoms with Gasteiger partial charge in [0.2, 0.25) is 0 Å². The Labute approximate surface area is 127 Å². The second-order valence-electron chi connectivity index (χ2n) is 5.95. The van der Waals surface area contributed by atoms with Crippen molar-refractivity contribution in [3.63, 3.8) is 0 Å². The van der Waals surface area contributed by atoms with Gasteiger partial charge in [0.15, 0.2) is 0 Å². The van der Waals surface area contributed by atoms with Crippen LogP contribution in [0.25, 0.3) is 0 Å². The van der Waals surface area contributed by atoms with Crippen molar-refractivity contribution < 1.29 is 14.6 Å². The first-order valence-electron chi connectivity index (χ1n) is 7.52. The number of carboxylic acid groups (broad SMARTS) is 1. The Morgan fingerprint density at radius 3 is 2.62 bits per heavy atom. The molecule has 4 nitrogen and oxygen atoms in total. The summed E-state index contributed by atoms with van der Waals surface area (Å²) in [5.41, 5.74) is 1.35. The molecule has 21 heavy (non-hydrogen) atoms. The minimum Gasteiger partial charge on any atom is -0.493 e. The number of aryl methyl sites for hydroxylation is 1. The Morgan fingerprint density at radius 1 is 1.43 bits per heavy atom. The van der Waals surface area contributed by atoms with Gasteiger partial charge in [0.25, 0.3) is 0 Å². The molecule has 1 atom stereocenters. The Balaban J connectivity index is 2.71. The number of hydrogen-bond donors (Lipinski definition) is 2. The van der Waals surface area contributed by atoms with Crippen molar-refractivity contribution in [3.8, 4) is 5.75 Å². The fourth-order valence-corrected chi connectivity index (χ4v) is 2.16. The number of carboxylic acids is 1. The normalized spacial score (nSPS) is 14.0. The highest BCUT2D eigenvalue weighted by atomic mass is 16.5. The maximum absolute atomic E-state index is 11.3. The highest BCUT2D eigenvalue weighted by molar-refractivity contribution is 5.78. The first-order valence-corrected chi connectivity index (χ1v) is 7.52. The smallest absolute Gasteiger partial charge is 0.323 e. The van der Waals surface area contributed by atoms with Gasteiger partial charge in [-0.3, -0.25) is 4.79 Å². The molecule has 1 rings (SSSR count). The van der Waals surface area contributed by atoms with E-state index in [0.717, 1.165) is 11.3 Å². The quantitative estimate of drug-likeness (QED) is 0.772. The molecule has 0 radical (unpaired) electrons. The maximum atomic E-state index is 11.3. The Bertz CT molecular complexity index is 485. The van der Waals surface area contributed by atoms with Gasteiger partial charge in [-0.05, 0) is 43.5 Å². The zero-order valence-corrected chi connectivity index (χ0v) is 13.7. The lowest BCUT2D eigenvalue weighted by atomic mass is 9.98. The molecule has 2 N–H and O–H groups in total. The van der Waals surface area contributed by atoms with Crippen LogP contribution in [0.1, 0.15) is 51.2 Å². The van der Waals surface area contributed by atoms with E-state index in [0.29, 0.717) is 25.5 Å². The molecule has 0 fully saturated rings. The van der Waals surface area contributed by atoms with E-state index in [9.17, 15) is 9.90 Å². The van der Waals surface area contributed by atoms with Crippen molar-refractivity contribution in [1.82, 2.24) is 5.32 Å².